The lowest BCUT2D eigenvalue weighted by atomic mass is 10.2. The van der Waals surface area contributed by atoms with Gasteiger partial charge in [0.2, 0.25) is 0 Å². The van der Waals surface area contributed by atoms with E-state index < -0.39 is 5.97 Å². The van der Waals surface area contributed by atoms with E-state index in [0.29, 0.717) is 11.3 Å². The lowest BCUT2D eigenvalue weighted by molar-refractivity contribution is 0.0593. The lowest BCUT2D eigenvalue weighted by Crippen LogP contribution is -2.07. The monoisotopic (exact) mass is 155 g/mol. The molecule has 1 heterocycles. The number of aromatic nitrogens is 2. The molecule has 60 valence electrons. The number of hydrogen-bond donors (Lipinski definition) is 2. The molecule has 0 spiro atoms. The molecular weight excluding hydrogens is 146 g/mol. The van der Waals surface area contributed by atoms with Crippen LogP contribution >= 0.6 is 0 Å². The van der Waals surface area contributed by atoms with E-state index >= 15 is 0 Å². The second kappa shape index (κ2) is 3.16. The van der Waals surface area contributed by atoms with E-state index in [0.717, 1.165) is 0 Å². The Bertz CT molecular complexity index is 256. The van der Waals surface area contributed by atoms with E-state index in [1.165, 1.54) is 13.3 Å². The number of esters is 1. The fraction of sp³-hybridized carbons (Fsp3) is 0.333. The SMILES string of the molecule is COC(=O)c1[nH]ncc1CN. The summed E-state index contributed by atoms with van der Waals surface area (Å²) in [5, 5.41) is 6.16. The number of nitrogens with two attached hydrogens (primary N) is 1. The van der Waals surface area contributed by atoms with Crippen LogP contribution in [0.15, 0.2) is 6.20 Å². The van der Waals surface area contributed by atoms with Gasteiger partial charge in [0.1, 0.15) is 5.69 Å². The van der Waals surface area contributed by atoms with Crippen LogP contribution in [0, 0.1) is 0 Å². The number of hydrogen-bond acceptors (Lipinski definition) is 4. The van der Waals surface area contributed by atoms with Crippen molar-refractivity contribution in [1.29, 1.82) is 0 Å². The fourth-order valence-electron chi connectivity index (χ4n) is 0.745. The largest absolute Gasteiger partial charge is 0.464 e. The van der Waals surface area contributed by atoms with Gasteiger partial charge in [-0.3, -0.25) is 5.10 Å². The Kier molecular flexibility index (Phi) is 2.22. The summed E-state index contributed by atoms with van der Waals surface area (Å²) in [5.74, 6) is -0.442. The van der Waals surface area contributed by atoms with Gasteiger partial charge in [0, 0.05) is 12.1 Å². The van der Waals surface area contributed by atoms with E-state index in [4.69, 9.17) is 5.73 Å². The van der Waals surface area contributed by atoms with E-state index in [-0.39, 0.29) is 6.54 Å². The highest BCUT2D eigenvalue weighted by molar-refractivity contribution is 5.88. The normalized spacial score (nSPS) is 9.64. The number of H-pyrrole nitrogens is 1. The van der Waals surface area contributed by atoms with E-state index in [9.17, 15) is 4.79 Å². The first-order chi connectivity index (χ1) is 5.29. The molecule has 0 bridgehead atoms. The highest BCUT2D eigenvalue weighted by Gasteiger charge is 2.11. The third-order valence-electron chi connectivity index (χ3n) is 1.33. The molecule has 0 aromatic carbocycles. The number of methoxy groups -OCH3 is 1. The molecule has 0 atom stereocenters. The van der Waals surface area contributed by atoms with Crippen LogP contribution in [0.1, 0.15) is 16.1 Å². The minimum Gasteiger partial charge on any atom is -0.464 e. The number of carbonyl (C=O) groups is 1. The summed E-state index contributed by atoms with van der Waals surface area (Å²) < 4.78 is 4.47. The third-order valence-corrected chi connectivity index (χ3v) is 1.33. The average Bonchev–Trinajstić information content (AvgIpc) is 2.50. The minimum atomic E-state index is -0.442. The van der Waals surface area contributed by atoms with Crippen molar-refractivity contribution in [2.75, 3.05) is 7.11 Å². The highest BCUT2D eigenvalue weighted by atomic mass is 16.5. The molecule has 0 saturated heterocycles. The highest BCUT2D eigenvalue weighted by Crippen LogP contribution is 2.03. The summed E-state index contributed by atoms with van der Waals surface area (Å²) in [5.41, 5.74) is 6.31. The van der Waals surface area contributed by atoms with Crippen molar-refractivity contribution in [3.63, 3.8) is 0 Å². The summed E-state index contributed by atoms with van der Waals surface area (Å²) in [6, 6.07) is 0. The number of ether oxygens (including phenoxy) is 1. The molecule has 5 nitrogen and oxygen atoms in total. The van der Waals surface area contributed by atoms with Crippen LogP contribution in [0.4, 0.5) is 0 Å². The minimum absolute atomic E-state index is 0.279. The number of carbonyl (C=O) groups excluding carboxylic acids is 1. The first kappa shape index (κ1) is 7.74. The van der Waals surface area contributed by atoms with Crippen molar-refractivity contribution in [2.45, 2.75) is 6.54 Å². The predicted octanol–water partition coefficient (Wildman–Crippen LogP) is -0.345. The van der Waals surface area contributed by atoms with Gasteiger partial charge in [-0.05, 0) is 0 Å². The summed E-state index contributed by atoms with van der Waals surface area (Å²) in [6.45, 7) is 0.279. The predicted molar refractivity (Wildman–Crippen MR) is 37.8 cm³/mol. The molecular formula is C6H9N3O2. The number of aromatic amines is 1. The standard InChI is InChI=1S/C6H9N3O2/c1-11-6(10)5-4(2-7)3-8-9-5/h3H,2,7H2,1H3,(H,8,9). The Morgan fingerprint density at radius 3 is 3.18 bits per heavy atom. The topological polar surface area (TPSA) is 81.0 Å². The second-order valence-corrected chi connectivity index (χ2v) is 1.97. The zero-order valence-corrected chi connectivity index (χ0v) is 6.13. The van der Waals surface area contributed by atoms with E-state index in [2.05, 4.69) is 14.9 Å². The van der Waals surface area contributed by atoms with Gasteiger partial charge >= 0.3 is 5.97 Å². The first-order valence-corrected chi connectivity index (χ1v) is 3.10. The molecule has 5 heteroatoms. The van der Waals surface area contributed by atoms with Gasteiger partial charge in [-0.1, -0.05) is 0 Å². The van der Waals surface area contributed by atoms with Crippen molar-refractivity contribution in [3.05, 3.63) is 17.5 Å². The summed E-state index contributed by atoms with van der Waals surface area (Å²) in [4.78, 5) is 10.9. The van der Waals surface area contributed by atoms with Crippen molar-refractivity contribution in [3.8, 4) is 0 Å². The molecule has 0 aliphatic rings. The molecule has 1 rings (SSSR count). The summed E-state index contributed by atoms with van der Waals surface area (Å²) >= 11 is 0. The molecule has 3 N–H and O–H groups in total. The number of nitrogens with one attached hydrogen (secondary N) is 1. The Balaban J connectivity index is 2.92. The maximum absolute atomic E-state index is 10.9. The van der Waals surface area contributed by atoms with Crippen LogP contribution in [0.25, 0.3) is 0 Å². The van der Waals surface area contributed by atoms with Crippen molar-refractivity contribution in [1.82, 2.24) is 10.2 Å². The molecule has 0 unspecified atom stereocenters. The van der Waals surface area contributed by atoms with Gasteiger partial charge in [-0.2, -0.15) is 5.10 Å². The van der Waals surface area contributed by atoms with E-state index in [1.807, 2.05) is 0 Å². The molecule has 0 saturated carbocycles. The van der Waals surface area contributed by atoms with Gasteiger partial charge in [0.15, 0.2) is 0 Å². The Morgan fingerprint density at radius 2 is 2.64 bits per heavy atom. The van der Waals surface area contributed by atoms with Gasteiger partial charge < -0.3 is 10.5 Å². The molecule has 0 radical (unpaired) electrons. The summed E-state index contributed by atoms with van der Waals surface area (Å²) in [6.07, 6.45) is 1.51. The maximum Gasteiger partial charge on any atom is 0.356 e. The summed E-state index contributed by atoms with van der Waals surface area (Å²) in [7, 11) is 1.31. The number of nitrogens with zero attached hydrogens (tertiary/aromatic N) is 1. The fourth-order valence-corrected chi connectivity index (χ4v) is 0.745. The Hall–Kier alpha value is -1.36. The third kappa shape index (κ3) is 1.38. The second-order valence-electron chi connectivity index (χ2n) is 1.97. The zero-order valence-electron chi connectivity index (χ0n) is 6.13. The average molecular weight is 155 g/mol. The lowest BCUT2D eigenvalue weighted by Gasteiger charge is -1.96. The molecule has 0 fully saturated rings. The Morgan fingerprint density at radius 1 is 1.91 bits per heavy atom. The van der Waals surface area contributed by atoms with Crippen molar-refractivity contribution < 1.29 is 9.53 Å². The first-order valence-electron chi connectivity index (χ1n) is 3.10. The zero-order chi connectivity index (χ0) is 8.27. The maximum atomic E-state index is 10.9. The molecule has 0 aliphatic heterocycles. The van der Waals surface area contributed by atoms with Crippen LogP contribution in [-0.2, 0) is 11.3 Å². The molecule has 0 amide bonds. The van der Waals surface area contributed by atoms with Gasteiger partial charge in [0.25, 0.3) is 0 Å². The molecule has 0 aliphatic carbocycles. The van der Waals surface area contributed by atoms with Crippen molar-refractivity contribution >= 4 is 5.97 Å². The van der Waals surface area contributed by atoms with Crippen LogP contribution in [0.2, 0.25) is 0 Å². The quantitative estimate of drug-likeness (QED) is 0.572. The van der Waals surface area contributed by atoms with Crippen LogP contribution in [0.3, 0.4) is 0 Å². The smallest absolute Gasteiger partial charge is 0.356 e. The molecule has 1 aromatic rings. The van der Waals surface area contributed by atoms with Crippen LogP contribution in [0.5, 0.6) is 0 Å². The van der Waals surface area contributed by atoms with Gasteiger partial charge in [-0.25, -0.2) is 4.79 Å². The molecule has 11 heavy (non-hydrogen) atoms. The van der Waals surface area contributed by atoms with Gasteiger partial charge in [-0.15, -0.1) is 0 Å². The van der Waals surface area contributed by atoms with Crippen LogP contribution < -0.4 is 5.73 Å². The van der Waals surface area contributed by atoms with Gasteiger partial charge in [0.05, 0.1) is 13.3 Å². The van der Waals surface area contributed by atoms with Crippen LogP contribution in [-0.4, -0.2) is 23.3 Å². The van der Waals surface area contributed by atoms with Crippen molar-refractivity contribution in [2.24, 2.45) is 5.73 Å². The number of rotatable bonds is 2. The Labute approximate surface area is 63.5 Å². The molecule has 1 aromatic heterocycles. The van der Waals surface area contributed by atoms with E-state index in [1.54, 1.807) is 0 Å².